The van der Waals surface area contributed by atoms with Crippen LogP contribution < -0.4 is 4.90 Å². The van der Waals surface area contributed by atoms with Crippen LogP contribution in [0, 0.1) is 39.5 Å². The molecule has 0 aliphatic heterocycles. The minimum atomic E-state index is -0.103. The van der Waals surface area contributed by atoms with E-state index < -0.39 is 0 Å². The lowest BCUT2D eigenvalue weighted by atomic mass is 9.88. The first-order chi connectivity index (χ1) is 17.2. The minimum absolute atomic E-state index is 0. The first-order valence-corrected chi connectivity index (χ1v) is 13.2. The van der Waals surface area contributed by atoms with Gasteiger partial charge in [0.15, 0.2) is 0 Å². The van der Waals surface area contributed by atoms with Gasteiger partial charge < -0.3 is 14.2 Å². The summed E-state index contributed by atoms with van der Waals surface area (Å²) in [5.41, 5.74) is 8.36. The second-order valence-electron chi connectivity index (χ2n) is 10.5. The van der Waals surface area contributed by atoms with Crippen LogP contribution in [0.25, 0.3) is 5.65 Å². The molecule has 1 aliphatic rings. The Morgan fingerprint density at radius 2 is 1.78 bits per heavy atom. The van der Waals surface area contributed by atoms with Crippen LogP contribution in [0.1, 0.15) is 72.3 Å². The topological polar surface area (TPSA) is 40.9 Å². The van der Waals surface area contributed by atoms with Gasteiger partial charge in [-0.1, -0.05) is 5.92 Å². The van der Waals surface area contributed by atoms with Gasteiger partial charge >= 0.3 is 0 Å². The number of hydrogen-bond donors (Lipinski definition) is 0. The number of anilines is 1. The van der Waals surface area contributed by atoms with Crippen LogP contribution in [0.3, 0.4) is 0 Å². The zero-order valence-electron chi connectivity index (χ0n) is 23.0. The van der Waals surface area contributed by atoms with Crippen LogP contribution in [-0.2, 0) is 6.42 Å². The molecule has 1 aromatic carbocycles. The van der Waals surface area contributed by atoms with E-state index in [1.807, 2.05) is 18.5 Å². The second kappa shape index (κ2) is 10.9. The van der Waals surface area contributed by atoms with Crippen molar-refractivity contribution >= 4 is 17.1 Å². The summed E-state index contributed by atoms with van der Waals surface area (Å²) in [5.74, 6) is 6.00. The number of imidazole rings is 1. The van der Waals surface area contributed by atoms with Crippen LogP contribution >= 0.6 is 0 Å². The summed E-state index contributed by atoms with van der Waals surface area (Å²) in [6, 6.07) is 7.58. The predicted octanol–water partition coefficient (Wildman–Crippen LogP) is 5.94. The summed E-state index contributed by atoms with van der Waals surface area (Å²) in [7, 11) is 4.37. The molecule has 0 bridgehead atoms. The van der Waals surface area contributed by atoms with Crippen LogP contribution in [-0.4, -0.2) is 52.8 Å². The molecule has 1 saturated carbocycles. The van der Waals surface area contributed by atoms with Gasteiger partial charge in [-0.2, -0.15) is 0 Å². The molecule has 192 valence electrons. The number of carbonyl (C=O) groups excluding carboxylic acids is 1. The van der Waals surface area contributed by atoms with Gasteiger partial charge in [0.1, 0.15) is 5.65 Å². The van der Waals surface area contributed by atoms with Crippen molar-refractivity contribution in [3.05, 3.63) is 64.1 Å². The number of rotatable bonds is 6. The van der Waals surface area contributed by atoms with Gasteiger partial charge in [0.05, 0.1) is 0 Å². The van der Waals surface area contributed by atoms with Gasteiger partial charge in [0, 0.05) is 61.4 Å². The van der Waals surface area contributed by atoms with Crippen LogP contribution in [0.4, 0.5) is 5.69 Å². The van der Waals surface area contributed by atoms with Crippen molar-refractivity contribution in [2.45, 2.75) is 78.8 Å². The average Bonchev–Trinajstić information content (AvgIpc) is 3.34. The van der Waals surface area contributed by atoms with Crippen molar-refractivity contribution in [2.75, 3.05) is 25.5 Å². The Morgan fingerprint density at radius 1 is 1.08 bits per heavy atom. The second-order valence-corrected chi connectivity index (χ2v) is 10.5. The van der Waals surface area contributed by atoms with Crippen molar-refractivity contribution < 1.29 is 6.22 Å². The molecule has 5 heteroatoms. The zero-order chi connectivity index (χ0) is 26.0. The Kier molecular flexibility index (Phi) is 7.85. The number of hydrogen-bond acceptors (Lipinski definition) is 4. The third kappa shape index (κ3) is 5.20. The number of Topliss-reactive ketones (excluding diaryl/α,β-unsaturated/α-hetero) is 1. The summed E-state index contributed by atoms with van der Waals surface area (Å²) < 4.78 is 2.08. The van der Waals surface area contributed by atoms with Crippen molar-refractivity contribution in [1.29, 1.82) is 0 Å². The van der Waals surface area contributed by atoms with E-state index in [-0.39, 0.29) is 7.21 Å². The quantitative estimate of drug-likeness (QED) is 0.246. The van der Waals surface area contributed by atoms with E-state index in [4.69, 9.17) is 0 Å². The number of aromatic nitrogens is 2. The number of ketones is 1. The van der Waals surface area contributed by atoms with Crippen LogP contribution in [0.15, 0.2) is 30.6 Å². The number of benzene rings is 1. The summed E-state index contributed by atoms with van der Waals surface area (Å²) in [6.07, 6.45) is 9.10. The number of nitrogens with zero attached hydrogens (tertiary/aromatic N) is 4. The molecule has 0 spiro atoms. The Hall–Kier alpha value is -3.10. The minimum Gasteiger partial charge on any atom is -0.369 e. The summed E-state index contributed by atoms with van der Waals surface area (Å²) >= 11 is 0. The van der Waals surface area contributed by atoms with Gasteiger partial charge in [-0.25, -0.2) is 4.98 Å². The molecule has 36 heavy (non-hydrogen) atoms. The highest BCUT2D eigenvalue weighted by atomic mass is 16.1. The molecule has 2 aromatic heterocycles. The monoisotopic (exact) mass is 486 g/mol. The molecule has 0 unspecified atom stereocenters. The van der Waals surface area contributed by atoms with Crippen molar-refractivity contribution in [2.24, 2.45) is 0 Å². The number of carbonyl (C=O) groups is 1. The Morgan fingerprint density at radius 3 is 2.44 bits per heavy atom. The molecule has 1 aliphatic carbocycles. The lowest BCUT2D eigenvalue weighted by Gasteiger charge is -2.40. The van der Waals surface area contributed by atoms with E-state index in [0.29, 0.717) is 18.5 Å². The van der Waals surface area contributed by atoms with Gasteiger partial charge in [-0.3, -0.25) is 4.79 Å². The molecule has 4 rings (SSSR count). The smallest absolute Gasteiger partial charge is 0.236 e. The Bertz CT molecular complexity index is 1320. The fourth-order valence-corrected chi connectivity index (χ4v) is 5.84. The molecule has 0 amide bonds. The van der Waals surface area contributed by atoms with Crippen LogP contribution in [0.2, 0.25) is 0 Å². The molecular formula is C31H42N4O. The number of aryl methyl sites for hydroxylation is 3. The maximum Gasteiger partial charge on any atom is 0.236 e. The Balaban J connectivity index is 0.00000380. The average molecular weight is 487 g/mol. The van der Waals surface area contributed by atoms with Gasteiger partial charge in [-0.05, 0) is 115 Å². The van der Waals surface area contributed by atoms with E-state index in [2.05, 4.69) is 91.9 Å². The molecule has 1 fully saturated rings. The number of pyridine rings is 1. The van der Waals surface area contributed by atoms with E-state index >= 15 is 0 Å². The lowest BCUT2D eigenvalue weighted by Crippen LogP contribution is -2.42. The predicted molar refractivity (Wildman–Crippen MR) is 151 cm³/mol. The van der Waals surface area contributed by atoms with Gasteiger partial charge in [0.2, 0.25) is 5.78 Å². The highest BCUT2D eigenvalue weighted by Crippen LogP contribution is 2.33. The molecular weight excluding hydrogens is 444 g/mol. The third-order valence-electron chi connectivity index (χ3n) is 7.92. The summed E-state index contributed by atoms with van der Waals surface area (Å²) in [6.45, 7) is 11.5. The molecule has 0 saturated heterocycles. The van der Waals surface area contributed by atoms with Crippen molar-refractivity contribution in [3.8, 4) is 11.8 Å². The first kappa shape index (κ1) is 26.0. The van der Waals surface area contributed by atoms with E-state index in [1.165, 1.54) is 31.4 Å². The van der Waals surface area contributed by atoms with Gasteiger partial charge in [0.25, 0.3) is 0 Å². The molecule has 5 nitrogen and oxygen atoms in total. The molecule has 2 heterocycles. The largest absolute Gasteiger partial charge is 0.369 e. The standard InChI is InChI=1S/C31H40N4O.H2/c1-8-34(26-14-12-25(13-15-26)33(6)7)29-19-21(2)18-28(24(29)5)30(36)11-9-10-27-22(3)20-23(4)35-17-16-32-31(27)35;/h16-20,25-26H,8,10,12-15H2,1-7H3;1H. The molecule has 3 aromatic rings. The summed E-state index contributed by atoms with van der Waals surface area (Å²) in [5, 5.41) is 0. The fourth-order valence-electron chi connectivity index (χ4n) is 5.84. The first-order valence-electron chi connectivity index (χ1n) is 13.2. The SMILES string of the molecule is CCN(c1cc(C)cc(C(=O)C#CCc2c(C)cc(C)n3ccnc23)c1C)C1CCC(N(C)C)CC1.[HH]. The summed E-state index contributed by atoms with van der Waals surface area (Å²) in [4.78, 5) is 22.7. The van der Waals surface area contributed by atoms with Crippen LogP contribution in [0.5, 0.6) is 0 Å². The third-order valence-corrected chi connectivity index (χ3v) is 7.92. The van der Waals surface area contributed by atoms with E-state index in [0.717, 1.165) is 45.7 Å². The highest BCUT2D eigenvalue weighted by molar-refractivity contribution is 6.10. The lowest BCUT2D eigenvalue weighted by molar-refractivity contribution is 0.105. The van der Waals surface area contributed by atoms with E-state index in [9.17, 15) is 4.79 Å². The molecule has 0 atom stereocenters. The fraction of sp³-hybridized carbons (Fsp3) is 0.484. The highest BCUT2D eigenvalue weighted by Gasteiger charge is 2.28. The van der Waals surface area contributed by atoms with Crippen molar-refractivity contribution in [1.82, 2.24) is 14.3 Å². The zero-order valence-corrected chi connectivity index (χ0v) is 23.0. The van der Waals surface area contributed by atoms with E-state index in [1.54, 1.807) is 0 Å². The molecule has 0 radical (unpaired) electrons. The maximum absolute atomic E-state index is 13.3. The van der Waals surface area contributed by atoms with Gasteiger partial charge in [-0.15, -0.1) is 0 Å². The Labute approximate surface area is 218 Å². The number of fused-ring (bicyclic) bond motifs is 1. The maximum atomic E-state index is 13.3. The molecule has 0 N–H and O–H groups in total. The normalized spacial score (nSPS) is 17.8. The van der Waals surface area contributed by atoms with Crippen molar-refractivity contribution in [3.63, 3.8) is 0 Å².